The number of ether oxygens (including phenoxy) is 2. The maximum atomic E-state index is 5.98. The third-order valence-corrected chi connectivity index (χ3v) is 10.3. The lowest BCUT2D eigenvalue weighted by atomic mass is 9.95. The van der Waals surface area contributed by atoms with Crippen molar-refractivity contribution in [3.05, 3.63) is 155 Å². The molecule has 3 aromatic heterocycles. The van der Waals surface area contributed by atoms with Crippen molar-refractivity contribution in [3.8, 4) is 56.0 Å². The first-order chi connectivity index (χ1) is 26.5. The second-order valence-corrected chi connectivity index (χ2v) is 13.5. The van der Waals surface area contributed by atoms with Crippen LogP contribution in [0, 0.1) is 13.8 Å². The number of aryl methyl sites for hydroxylation is 1. The van der Waals surface area contributed by atoms with Crippen molar-refractivity contribution in [2.45, 2.75) is 13.8 Å². The van der Waals surface area contributed by atoms with E-state index in [0.29, 0.717) is 5.75 Å². The molecule has 0 saturated carbocycles. The van der Waals surface area contributed by atoms with E-state index in [0.717, 1.165) is 106 Å². The number of H-pyrrole nitrogens is 2. The lowest BCUT2D eigenvalue weighted by Gasteiger charge is -2.17. The molecule has 2 aliphatic rings. The van der Waals surface area contributed by atoms with Gasteiger partial charge in [-0.3, -0.25) is 0 Å². The number of benzene rings is 4. The van der Waals surface area contributed by atoms with Crippen molar-refractivity contribution < 1.29 is 9.47 Å². The molecule has 7 aromatic rings. The van der Waals surface area contributed by atoms with E-state index >= 15 is 0 Å². The summed E-state index contributed by atoms with van der Waals surface area (Å²) in [7, 11) is 3.38. The predicted octanol–water partition coefficient (Wildman–Crippen LogP) is 12.0. The highest BCUT2D eigenvalue weighted by Gasteiger charge is 2.22. The van der Waals surface area contributed by atoms with Crippen molar-refractivity contribution in [2.24, 2.45) is 0 Å². The van der Waals surface area contributed by atoms with E-state index < -0.39 is 0 Å². The highest BCUT2D eigenvalue weighted by molar-refractivity contribution is 6.00. The fourth-order valence-corrected chi connectivity index (χ4v) is 7.84. The van der Waals surface area contributed by atoms with E-state index in [4.69, 9.17) is 19.4 Å². The molecule has 6 nitrogen and oxygen atoms in total. The van der Waals surface area contributed by atoms with Crippen molar-refractivity contribution in [3.63, 3.8) is 0 Å². The average molecular weight is 703 g/mol. The second-order valence-electron chi connectivity index (χ2n) is 13.5. The molecular weight excluding hydrogens is 665 g/mol. The molecule has 0 fully saturated rings. The highest BCUT2D eigenvalue weighted by Crippen LogP contribution is 2.44. The molecule has 54 heavy (non-hydrogen) atoms. The predicted molar refractivity (Wildman–Crippen MR) is 223 cm³/mol. The van der Waals surface area contributed by atoms with Gasteiger partial charge in [-0.25, -0.2) is 9.97 Å². The van der Waals surface area contributed by atoms with E-state index in [9.17, 15) is 0 Å². The largest absolute Gasteiger partial charge is 0.493 e. The van der Waals surface area contributed by atoms with Crippen LogP contribution >= 0.6 is 0 Å². The monoisotopic (exact) mass is 702 g/mol. The number of hydrogen-bond acceptors (Lipinski definition) is 4. The van der Waals surface area contributed by atoms with Gasteiger partial charge in [0.2, 0.25) is 0 Å². The molecule has 262 valence electrons. The number of nitrogens with zero attached hydrogens (tertiary/aromatic N) is 2. The number of fused-ring (bicyclic) bond motifs is 8. The normalized spacial score (nSPS) is 11.9. The van der Waals surface area contributed by atoms with Crippen LogP contribution < -0.4 is 9.47 Å². The van der Waals surface area contributed by atoms with Crippen LogP contribution in [0.1, 0.15) is 33.9 Å². The van der Waals surface area contributed by atoms with Gasteiger partial charge in [0.1, 0.15) is 0 Å². The summed E-state index contributed by atoms with van der Waals surface area (Å²) < 4.78 is 11.8. The highest BCUT2D eigenvalue weighted by atomic mass is 16.5. The molecule has 2 N–H and O–H groups in total. The molecule has 5 heterocycles. The third kappa shape index (κ3) is 5.60. The lowest BCUT2D eigenvalue weighted by molar-refractivity contribution is 0.351. The van der Waals surface area contributed by atoms with Gasteiger partial charge < -0.3 is 19.4 Å². The molecule has 0 amide bonds. The van der Waals surface area contributed by atoms with Crippen LogP contribution in [-0.4, -0.2) is 34.2 Å². The average Bonchev–Trinajstić information content (AvgIpc) is 4.05. The summed E-state index contributed by atoms with van der Waals surface area (Å²) in [5.74, 6) is 1.43. The molecule has 0 radical (unpaired) electrons. The van der Waals surface area contributed by atoms with Gasteiger partial charge in [-0.1, -0.05) is 91.0 Å². The minimum atomic E-state index is 0.705. The van der Waals surface area contributed by atoms with E-state index in [2.05, 4.69) is 151 Å². The van der Waals surface area contributed by atoms with Crippen LogP contribution in [0.5, 0.6) is 11.5 Å². The summed E-state index contributed by atoms with van der Waals surface area (Å²) in [6.07, 6.45) is 8.50. The molecule has 0 aliphatic carbocycles. The Morgan fingerprint density at radius 2 is 0.778 bits per heavy atom. The Morgan fingerprint density at radius 1 is 0.426 bits per heavy atom. The quantitative estimate of drug-likeness (QED) is 0.181. The second kappa shape index (κ2) is 13.6. The zero-order chi connectivity index (χ0) is 36.8. The van der Waals surface area contributed by atoms with Crippen LogP contribution in [0.2, 0.25) is 0 Å². The maximum absolute atomic E-state index is 5.98. The molecule has 0 saturated heterocycles. The van der Waals surface area contributed by atoms with E-state index in [1.54, 1.807) is 14.2 Å². The Hall–Kier alpha value is -6.92. The topological polar surface area (TPSA) is 75.8 Å². The first-order valence-corrected chi connectivity index (χ1v) is 18.1. The Bertz CT molecular complexity index is 2760. The number of methoxy groups -OCH3 is 2. The van der Waals surface area contributed by atoms with Gasteiger partial charge >= 0.3 is 0 Å². The van der Waals surface area contributed by atoms with Gasteiger partial charge in [0, 0.05) is 49.9 Å². The Morgan fingerprint density at radius 3 is 1.15 bits per heavy atom. The SMILES string of the molecule is COc1c(C)cc(-c2c3nc(c(-c4ccccc4)c4ccc([nH]4)c(-c4ccccc4)c4nc(c(-c5ccccc5)c5ccc2[nH]5)C=C4)C=C3)c(C)c1OC. The summed E-state index contributed by atoms with van der Waals surface area (Å²) in [6, 6.07) is 42.2. The van der Waals surface area contributed by atoms with E-state index in [1.807, 2.05) is 18.2 Å². The molecule has 0 atom stereocenters. The number of rotatable bonds is 6. The summed E-state index contributed by atoms with van der Waals surface area (Å²) in [4.78, 5) is 18.5. The van der Waals surface area contributed by atoms with Crippen molar-refractivity contribution >= 4 is 46.4 Å². The lowest BCUT2D eigenvalue weighted by Crippen LogP contribution is -1.99. The smallest absolute Gasteiger partial charge is 0.164 e. The fraction of sp³-hybridized carbons (Fsp3) is 0.0833. The Kier molecular flexibility index (Phi) is 8.28. The first kappa shape index (κ1) is 33.0. The minimum Gasteiger partial charge on any atom is -0.493 e. The maximum Gasteiger partial charge on any atom is 0.164 e. The van der Waals surface area contributed by atoms with Crippen LogP contribution in [0.25, 0.3) is 90.9 Å². The molecule has 9 rings (SSSR count). The van der Waals surface area contributed by atoms with Crippen LogP contribution in [0.4, 0.5) is 0 Å². The first-order valence-electron chi connectivity index (χ1n) is 18.1. The van der Waals surface area contributed by atoms with Crippen molar-refractivity contribution in [2.75, 3.05) is 14.2 Å². The summed E-state index contributed by atoms with van der Waals surface area (Å²) in [5.41, 5.74) is 17.4. The van der Waals surface area contributed by atoms with Crippen molar-refractivity contribution in [1.82, 2.24) is 19.9 Å². The number of aromatic nitrogens is 4. The molecule has 0 unspecified atom stereocenters. The van der Waals surface area contributed by atoms with E-state index in [1.165, 1.54) is 0 Å². The molecular formula is C48H38N4O2. The molecule has 0 spiro atoms. The molecule has 2 aliphatic heterocycles. The summed E-state index contributed by atoms with van der Waals surface area (Å²) >= 11 is 0. The van der Waals surface area contributed by atoms with Crippen LogP contribution in [0.15, 0.2) is 121 Å². The van der Waals surface area contributed by atoms with Crippen LogP contribution in [-0.2, 0) is 0 Å². The Balaban J connectivity index is 1.49. The minimum absolute atomic E-state index is 0.705. The molecule has 8 bridgehead atoms. The van der Waals surface area contributed by atoms with Gasteiger partial charge in [-0.15, -0.1) is 0 Å². The van der Waals surface area contributed by atoms with Gasteiger partial charge in [0.05, 0.1) is 37.0 Å². The van der Waals surface area contributed by atoms with Gasteiger partial charge in [0.15, 0.2) is 11.5 Å². The third-order valence-electron chi connectivity index (χ3n) is 10.3. The van der Waals surface area contributed by atoms with Gasteiger partial charge in [-0.05, 0) is 96.3 Å². The molecule has 6 heteroatoms. The zero-order valence-corrected chi connectivity index (χ0v) is 30.6. The molecule has 4 aromatic carbocycles. The number of nitrogens with one attached hydrogen (secondary N) is 2. The van der Waals surface area contributed by atoms with Crippen molar-refractivity contribution in [1.29, 1.82) is 0 Å². The zero-order valence-electron chi connectivity index (χ0n) is 30.6. The Labute approximate surface area is 314 Å². The summed E-state index contributed by atoms with van der Waals surface area (Å²) in [5, 5.41) is 0. The van der Waals surface area contributed by atoms with Gasteiger partial charge in [-0.2, -0.15) is 0 Å². The summed E-state index contributed by atoms with van der Waals surface area (Å²) in [6.45, 7) is 4.13. The fourth-order valence-electron chi connectivity index (χ4n) is 7.84. The van der Waals surface area contributed by atoms with E-state index in [-0.39, 0.29) is 0 Å². The van der Waals surface area contributed by atoms with Crippen LogP contribution in [0.3, 0.4) is 0 Å². The number of aromatic amines is 2. The number of hydrogen-bond donors (Lipinski definition) is 2. The standard InChI is InChI=1S/C48H38N4O2/c1-29-28-34(30(2)48(54-4)47(29)53-3)46-41-26-24-39(51-41)44(32-16-10-6-11-17-32)37-22-20-35(49-37)43(31-14-8-5-9-15-31)36-21-23-38(50-36)45(33-18-12-7-13-19-33)40-25-27-42(46)52-40/h5-28,49,52H,1-4H3. The van der Waals surface area contributed by atoms with Gasteiger partial charge in [0.25, 0.3) is 0 Å².